The Hall–Kier alpha value is -2.51. The van der Waals surface area contributed by atoms with Crippen molar-refractivity contribution in [1.82, 2.24) is 9.97 Å². The average molecular weight is 379 g/mol. The first kappa shape index (κ1) is 16.9. The minimum Gasteiger partial charge on any atom is -0.368 e. The van der Waals surface area contributed by atoms with Crippen LogP contribution in [0.5, 0.6) is 0 Å². The Morgan fingerprint density at radius 1 is 1.27 bits per heavy atom. The van der Waals surface area contributed by atoms with Crippen molar-refractivity contribution in [3.63, 3.8) is 0 Å². The lowest BCUT2D eigenvalue weighted by atomic mass is 9.73. The minimum atomic E-state index is -4.22. The van der Waals surface area contributed by atoms with E-state index < -0.39 is 24.2 Å². The predicted molar refractivity (Wildman–Crippen MR) is 87.9 cm³/mol. The van der Waals surface area contributed by atoms with Crippen LogP contribution in [0.25, 0.3) is 0 Å². The Morgan fingerprint density at radius 2 is 2.04 bits per heavy atom. The Balaban J connectivity index is 1.70. The summed E-state index contributed by atoms with van der Waals surface area (Å²) >= 11 is 1.23. The molecule has 1 fully saturated rings. The molecule has 4 rings (SSSR count). The van der Waals surface area contributed by atoms with E-state index in [0.717, 1.165) is 0 Å². The van der Waals surface area contributed by atoms with Crippen LogP contribution in [0.3, 0.4) is 0 Å². The first-order valence-corrected chi connectivity index (χ1v) is 8.68. The van der Waals surface area contributed by atoms with E-state index in [0.29, 0.717) is 22.2 Å². The maximum atomic E-state index is 12.9. The number of aliphatic imine (C=N–C) groups is 1. The normalized spacial score (nSPS) is 25.1. The van der Waals surface area contributed by atoms with Crippen LogP contribution in [0.2, 0.25) is 0 Å². The fourth-order valence-corrected chi connectivity index (χ4v) is 3.86. The molecule has 0 spiro atoms. The molecule has 1 atom stereocenters. The SMILES string of the molecule is N#Cc1ccc(N2C(C3CC(C(F)(F)F)C3)=Nc3scnc3C2O)cn1. The molecule has 1 saturated carbocycles. The zero-order valence-corrected chi connectivity index (χ0v) is 14.0. The third-order valence-corrected chi connectivity index (χ3v) is 5.37. The molecule has 3 heterocycles. The van der Waals surface area contributed by atoms with Gasteiger partial charge < -0.3 is 5.11 Å². The number of nitrogens with zero attached hydrogens (tertiary/aromatic N) is 5. The van der Waals surface area contributed by atoms with Gasteiger partial charge >= 0.3 is 6.18 Å². The maximum Gasteiger partial charge on any atom is 0.391 e. The van der Waals surface area contributed by atoms with Gasteiger partial charge in [-0.05, 0) is 25.0 Å². The quantitative estimate of drug-likeness (QED) is 0.863. The van der Waals surface area contributed by atoms with Gasteiger partial charge in [0.1, 0.15) is 28.3 Å². The zero-order valence-electron chi connectivity index (χ0n) is 13.2. The molecule has 0 amide bonds. The van der Waals surface area contributed by atoms with E-state index in [1.807, 2.05) is 6.07 Å². The summed E-state index contributed by atoms with van der Waals surface area (Å²) in [5.41, 5.74) is 2.54. The van der Waals surface area contributed by atoms with Crippen molar-refractivity contribution >= 4 is 27.9 Å². The van der Waals surface area contributed by atoms with Crippen LogP contribution < -0.4 is 4.90 Å². The highest BCUT2D eigenvalue weighted by atomic mass is 32.1. The number of hydrogen-bond acceptors (Lipinski definition) is 7. The van der Waals surface area contributed by atoms with E-state index in [1.165, 1.54) is 34.0 Å². The molecular formula is C16H12F3N5OS. The number of pyridine rings is 1. The molecule has 0 radical (unpaired) electrons. The summed E-state index contributed by atoms with van der Waals surface area (Å²) in [5, 5.41) is 20.1. The van der Waals surface area contributed by atoms with E-state index >= 15 is 0 Å². The van der Waals surface area contributed by atoms with E-state index in [4.69, 9.17) is 5.26 Å². The zero-order chi connectivity index (χ0) is 18.5. The van der Waals surface area contributed by atoms with E-state index in [-0.39, 0.29) is 18.5 Å². The van der Waals surface area contributed by atoms with Crippen LogP contribution in [0.15, 0.2) is 28.8 Å². The third kappa shape index (κ3) is 2.73. The Kier molecular flexibility index (Phi) is 3.93. The number of halogens is 3. The van der Waals surface area contributed by atoms with Gasteiger partial charge in [0.25, 0.3) is 0 Å². The summed E-state index contributed by atoms with van der Waals surface area (Å²) < 4.78 is 38.6. The number of aromatic nitrogens is 2. The number of nitriles is 1. The molecule has 2 aromatic heterocycles. The van der Waals surface area contributed by atoms with E-state index in [2.05, 4.69) is 15.0 Å². The number of anilines is 1. The summed E-state index contributed by atoms with van der Waals surface area (Å²) in [7, 11) is 0. The molecule has 6 nitrogen and oxygen atoms in total. The average Bonchev–Trinajstić information content (AvgIpc) is 3.01. The molecule has 10 heteroatoms. The molecule has 2 aromatic rings. The van der Waals surface area contributed by atoms with Crippen molar-refractivity contribution in [2.45, 2.75) is 25.2 Å². The number of aliphatic hydroxyl groups is 1. The van der Waals surface area contributed by atoms with Gasteiger partial charge in [0.2, 0.25) is 0 Å². The lowest BCUT2D eigenvalue weighted by molar-refractivity contribution is -0.199. The monoisotopic (exact) mass is 379 g/mol. The Morgan fingerprint density at radius 3 is 2.65 bits per heavy atom. The van der Waals surface area contributed by atoms with Crippen molar-refractivity contribution in [1.29, 1.82) is 5.26 Å². The molecular weight excluding hydrogens is 367 g/mol. The van der Waals surface area contributed by atoms with Crippen LogP contribution in [-0.4, -0.2) is 27.1 Å². The van der Waals surface area contributed by atoms with Crippen molar-refractivity contribution in [3.05, 3.63) is 35.2 Å². The van der Waals surface area contributed by atoms with E-state index in [1.54, 1.807) is 6.07 Å². The highest BCUT2D eigenvalue weighted by molar-refractivity contribution is 7.13. The molecule has 2 aliphatic rings. The Labute approximate surface area is 150 Å². The van der Waals surface area contributed by atoms with Crippen LogP contribution in [0.1, 0.15) is 30.5 Å². The third-order valence-electron chi connectivity index (χ3n) is 4.63. The molecule has 0 saturated heterocycles. The molecule has 1 unspecified atom stereocenters. The summed E-state index contributed by atoms with van der Waals surface area (Å²) in [6.45, 7) is 0. The number of amidine groups is 1. The number of thiazole rings is 1. The van der Waals surface area contributed by atoms with Crippen molar-refractivity contribution in [2.75, 3.05) is 4.90 Å². The van der Waals surface area contributed by atoms with Gasteiger partial charge in [-0.3, -0.25) is 4.90 Å². The summed E-state index contributed by atoms with van der Waals surface area (Å²) in [5.74, 6) is -1.39. The highest BCUT2D eigenvalue weighted by Gasteiger charge is 2.51. The van der Waals surface area contributed by atoms with Gasteiger partial charge in [0.05, 0.1) is 23.3 Å². The smallest absolute Gasteiger partial charge is 0.368 e. The standard InChI is InChI=1S/C16H12F3N5OS/c17-16(18,19)9-3-8(4-9)13-23-14-12(22-7-26-14)15(25)24(13)11-2-1-10(5-20)21-6-11/h1-2,6-9,15,25H,3-4H2. The largest absolute Gasteiger partial charge is 0.391 e. The number of alkyl halides is 3. The summed E-state index contributed by atoms with van der Waals surface area (Å²) in [6.07, 6.45) is -4.12. The number of fused-ring (bicyclic) bond motifs is 1. The van der Waals surface area contributed by atoms with Gasteiger partial charge in [-0.25, -0.2) is 15.0 Å². The first-order valence-electron chi connectivity index (χ1n) is 7.80. The van der Waals surface area contributed by atoms with E-state index in [9.17, 15) is 18.3 Å². The second-order valence-electron chi connectivity index (χ2n) is 6.18. The molecule has 1 N–H and O–H groups in total. The van der Waals surface area contributed by atoms with Crippen LogP contribution in [0, 0.1) is 23.2 Å². The lowest BCUT2D eigenvalue weighted by Crippen LogP contribution is -2.48. The summed E-state index contributed by atoms with van der Waals surface area (Å²) in [4.78, 5) is 14.0. The fraction of sp³-hybridized carbons (Fsp3) is 0.375. The van der Waals surface area contributed by atoms with Crippen molar-refractivity contribution in [3.8, 4) is 6.07 Å². The molecule has 26 heavy (non-hydrogen) atoms. The van der Waals surface area contributed by atoms with Crippen LogP contribution >= 0.6 is 11.3 Å². The van der Waals surface area contributed by atoms with Gasteiger partial charge in [0, 0.05) is 5.92 Å². The minimum absolute atomic E-state index is 0.0661. The number of hydrogen-bond donors (Lipinski definition) is 1. The number of rotatable bonds is 2. The molecule has 0 aromatic carbocycles. The highest BCUT2D eigenvalue weighted by Crippen LogP contribution is 2.49. The van der Waals surface area contributed by atoms with Crippen molar-refractivity contribution in [2.24, 2.45) is 16.8 Å². The first-order chi connectivity index (χ1) is 12.4. The molecule has 134 valence electrons. The van der Waals surface area contributed by atoms with Crippen LogP contribution in [0.4, 0.5) is 23.9 Å². The molecule has 0 bridgehead atoms. The fourth-order valence-electron chi connectivity index (χ4n) is 3.17. The van der Waals surface area contributed by atoms with Crippen molar-refractivity contribution < 1.29 is 18.3 Å². The maximum absolute atomic E-state index is 12.9. The Bertz CT molecular complexity index is 896. The number of aliphatic hydroxyl groups excluding tert-OH is 1. The summed E-state index contributed by atoms with van der Waals surface area (Å²) in [6, 6.07) is 4.97. The molecule has 1 aliphatic heterocycles. The van der Waals surface area contributed by atoms with Gasteiger partial charge in [-0.15, -0.1) is 11.3 Å². The van der Waals surface area contributed by atoms with Gasteiger partial charge in [-0.1, -0.05) is 0 Å². The topological polar surface area (TPSA) is 85.4 Å². The second kappa shape index (κ2) is 6.03. The van der Waals surface area contributed by atoms with Crippen LogP contribution in [-0.2, 0) is 0 Å². The molecule has 1 aliphatic carbocycles. The van der Waals surface area contributed by atoms with Gasteiger partial charge in [-0.2, -0.15) is 18.4 Å². The second-order valence-corrected chi connectivity index (χ2v) is 7.01. The lowest BCUT2D eigenvalue weighted by Gasteiger charge is -2.43. The predicted octanol–water partition coefficient (Wildman–Crippen LogP) is 3.54. The van der Waals surface area contributed by atoms with Gasteiger partial charge in [0.15, 0.2) is 6.23 Å².